The summed E-state index contributed by atoms with van der Waals surface area (Å²) in [5.41, 5.74) is 5.93. The lowest BCUT2D eigenvalue weighted by Crippen LogP contribution is -2.11. The van der Waals surface area contributed by atoms with Crippen molar-refractivity contribution in [3.05, 3.63) is 81.1 Å². The first kappa shape index (κ1) is 12.4. The Bertz CT molecular complexity index is 859. The van der Waals surface area contributed by atoms with E-state index in [0.29, 0.717) is 0 Å². The Labute approximate surface area is 123 Å². The number of nitrogens with one attached hydrogen (secondary N) is 1. The van der Waals surface area contributed by atoms with Crippen LogP contribution >= 0.6 is 0 Å². The SMILES string of the molecule is O=c1c2c[nH]c3cc(ccc13)CCc1ccc(cc1)CC2. The highest BCUT2D eigenvalue weighted by Gasteiger charge is 2.08. The molecule has 104 valence electrons. The van der Waals surface area contributed by atoms with Gasteiger partial charge in [0.15, 0.2) is 5.43 Å². The van der Waals surface area contributed by atoms with E-state index in [0.717, 1.165) is 42.1 Å². The fourth-order valence-electron chi connectivity index (χ4n) is 3.09. The van der Waals surface area contributed by atoms with Crippen LogP contribution in [0.15, 0.2) is 53.5 Å². The van der Waals surface area contributed by atoms with Crippen molar-refractivity contribution in [2.24, 2.45) is 0 Å². The van der Waals surface area contributed by atoms with E-state index in [1.807, 2.05) is 12.3 Å². The summed E-state index contributed by atoms with van der Waals surface area (Å²) >= 11 is 0. The van der Waals surface area contributed by atoms with Crippen LogP contribution in [-0.2, 0) is 25.7 Å². The Morgan fingerprint density at radius 3 is 2.14 bits per heavy atom. The Hall–Kier alpha value is -2.35. The Kier molecular flexibility index (Phi) is 2.88. The van der Waals surface area contributed by atoms with Crippen molar-refractivity contribution in [2.45, 2.75) is 25.7 Å². The predicted octanol–water partition coefficient (Wildman–Crippen LogP) is 3.41. The van der Waals surface area contributed by atoms with E-state index in [4.69, 9.17) is 0 Å². The van der Waals surface area contributed by atoms with Gasteiger partial charge in [-0.3, -0.25) is 4.79 Å². The molecular weight excluding hydrogens is 258 g/mol. The number of aryl methyl sites for hydroxylation is 4. The van der Waals surface area contributed by atoms with E-state index in [2.05, 4.69) is 41.4 Å². The third-order valence-electron chi connectivity index (χ3n) is 4.43. The number of aromatic amines is 1. The lowest BCUT2D eigenvalue weighted by molar-refractivity contribution is 0.927. The smallest absolute Gasteiger partial charge is 0.192 e. The van der Waals surface area contributed by atoms with E-state index in [1.54, 1.807) is 0 Å². The zero-order valence-corrected chi connectivity index (χ0v) is 11.9. The molecule has 3 heterocycles. The predicted molar refractivity (Wildman–Crippen MR) is 85.8 cm³/mol. The zero-order valence-electron chi connectivity index (χ0n) is 11.9. The molecule has 1 N–H and O–H groups in total. The van der Waals surface area contributed by atoms with Crippen molar-refractivity contribution in [3.63, 3.8) is 0 Å². The van der Waals surface area contributed by atoms with Gasteiger partial charge in [-0.2, -0.15) is 0 Å². The third-order valence-corrected chi connectivity index (χ3v) is 4.43. The van der Waals surface area contributed by atoms with Crippen LogP contribution in [0.3, 0.4) is 0 Å². The van der Waals surface area contributed by atoms with Gasteiger partial charge in [0.1, 0.15) is 0 Å². The number of aromatic nitrogens is 1. The summed E-state index contributed by atoms with van der Waals surface area (Å²) in [6, 6.07) is 15.0. The Balaban J connectivity index is 1.90. The minimum absolute atomic E-state index is 0.170. The molecular formula is C19H17NO. The molecule has 0 radical (unpaired) electrons. The summed E-state index contributed by atoms with van der Waals surface area (Å²) in [4.78, 5) is 15.8. The van der Waals surface area contributed by atoms with Gasteiger partial charge in [-0.1, -0.05) is 30.3 Å². The first-order valence-corrected chi connectivity index (χ1v) is 7.51. The molecule has 0 spiro atoms. The maximum atomic E-state index is 12.5. The van der Waals surface area contributed by atoms with Crippen LogP contribution in [0.5, 0.6) is 0 Å². The Morgan fingerprint density at radius 1 is 0.762 bits per heavy atom. The Morgan fingerprint density at radius 2 is 1.38 bits per heavy atom. The summed E-state index contributed by atoms with van der Waals surface area (Å²) in [6.45, 7) is 0. The maximum absolute atomic E-state index is 12.5. The van der Waals surface area contributed by atoms with Gasteiger partial charge in [-0.15, -0.1) is 0 Å². The highest BCUT2D eigenvalue weighted by Crippen LogP contribution is 2.16. The van der Waals surface area contributed by atoms with E-state index in [1.165, 1.54) is 16.7 Å². The van der Waals surface area contributed by atoms with Gasteiger partial charge in [-0.05, 0) is 54.5 Å². The topological polar surface area (TPSA) is 32.9 Å². The van der Waals surface area contributed by atoms with Gasteiger partial charge < -0.3 is 4.98 Å². The molecule has 3 aromatic rings. The van der Waals surface area contributed by atoms with E-state index in [-0.39, 0.29) is 5.43 Å². The number of H-pyrrole nitrogens is 1. The summed E-state index contributed by atoms with van der Waals surface area (Å²) in [6.07, 6.45) is 5.61. The van der Waals surface area contributed by atoms with Crippen molar-refractivity contribution in [1.29, 1.82) is 0 Å². The lowest BCUT2D eigenvalue weighted by Gasteiger charge is -2.09. The monoisotopic (exact) mass is 275 g/mol. The number of benzene rings is 2. The summed E-state index contributed by atoms with van der Waals surface area (Å²) in [7, 11) is 0. The fourth-order valence-corrected chi connectivity index (χ4v) is 3.09. The fraction of sp³-hybridized carbons (Fsp3) is 0.211. The molecule has 4 aliphatic carbocycles. The molecule has 2 aliphatic heterocycles. The van der Waals surface area contributed by atoms with Gasteiger partial charge in [0.05, 0.1) is 0 Å². The summed E-state index contributed by atoms with van der Waals surface area (Å²) in [5.74, 6) is 0. The first-order valence-electron chi connectivity index (χ1n) is 7.51. The average Bonchev–Trinajstić information content (AvgIpc) is 2.53. The first-order chi connectivity index (χ1) is 10.3. The third kappa shape index (κ3) is 2.27. The lowest BCUT2D eigenvalue weighted by atomic mass is 9.98. The maximum Gasteiger partial charge on any atom is 0.192 e. The van der Waals surface area contributed by atoms with Crippen molar-refractivity contribution < 1.29 is 0 Å². The highest BCUT2D eigenvalue weighted by molar-refractivity contribution is 5.79. The molecule has 0 atom stereocenters. The van der Waals surface area contributed by atoms with Crippen LogP contribution in [0.4, 0.5) is 0 Å². The van der Waals surface area contributed by atoms with Crippen molar-refractivity contribution in [2.75, 3.05) is 0 Å². The number of hydrogen-bond donors (Lipinski definition) is 1. The molecule has 6 aliphatic rings. The molecule has 0 amide bonds. The molecule has 0 unspecified atom stereocenters. The highest BCUT2D eigenvalue weighted by atomic mass is 16.1. The number of hydrogen-bond acceptors (Lipinski definition) is 1. The molecule has 21 heavy (non-hydrogen) atoms. The van der Waals surface area contributed by atoms with Crippen LogP contribution in [0.1, 0.15) is 22.3 Å². The second kappa shape index (κ2) is 4.88. The van der Waals surface area contributed by atoms with E-state index < -0.39 is 0 Å². The second-order valence-electron chi connectivity index (χ2n) is 5.84. The van der Waals surface area contributed by atoms with Crippen molar-refractivity contribution in [1.82, 2.24) is 4.98 Å². The number of pyridine rings is 1. The van der Waals surface area contributed by atoms with Gasteiger partial charge in [0, 0.05) is 22.7 Å². The summed E-state index contributed by atoms with van der Waals surface area (Å²) < 4.78 is 0. The van der Waals surface area contributed by atoms with Gasteiger partial charge in [-0.25, -0.2) is 0 Å². The van der Waals surface area contributed by atoms with Crippen molar-refractivity contribution in [3.8, 4) is 0 Å². The standard InChI is InChI=1S/C19H17NO/c21-19-16-9-7-14-3-1-13(2-4-14)5-6-15-8-10-17(19)18(11-15)20-12-16/h1-4,8,10-12H,5-7,9H2,(H,20,21). The van der Waals surface area contributed by atoms with Crippen LogP contribution in [-0.4, -0.2) is 4.98 Å². The van der Waals surface area contributed by atoms with Gasteiger partial charge in [0.2, 0.25) is 0 Å². The van der Waals surface area contributed by atoms with Crippen LogP contribution in [0, 0.1) is 0 Å². The quantitative estimate of drug-likeness (QED) is 0.670. The molecule has 6 bridgehead atoms. The van der Waals surface area contributed by atoms with Gasteiger partial charge >= 0.3 is 0 Å². The molecule has 2 nitrogen and oxygen atoms in total. The van der Waals surface area contributed by atoms with Gasteiger partial charge in [0.25, 0.3) is 0 Å². The van der Waals surface area contributed by atoms with Crippen LogP contribution in [0.2, 0.25) is 0 Å². The normalized spacial score (nSPS) is 14.1. The zero-order chi connectivity index (χ0) is 14.2. The molecule has 9 rings (SSSR count). The second-order valence-corrected chi connectivity index (χ2v) is 5.84. The molecule has 1 aromatic heterocycles. The minimum atomic E-state index is 0.170. The minimum Gasteiger partial charge on any atom is -0.361 e. The largest absolute Gasteiger partial charge is 0.361 e. The molecule has 0 saturated heterocycles. The molecule has 0 saturated carbocycles. The molecule has 2 aromatic carbocycles. The molecule has 0 fully saturated rings. The van der Waals surface area contributed by atoms with Crippen LogP contribution < -0.4 is 5.43 Å². The average molecular weight is 275 g/mol. The molecule has 2 heteroatoms. The van der Waals surface area contributed by atoms with E-state index >= 15 is 0 Å². The summed E-state index contributed by atoms with van der Waals surface area (Å²) in [5, 5.41) is 0.808. The number of rotatable bonds is 0. The van der Waals surface area contributed by atoms with E-state index in [9.17, 15) is 4.79 Å². The van der Waals surface area contributed by atoms with Crippen LogP contribution in [0.25, 0.3) is 10.9 Å². The van der Waals surface area contributed by atoms with Crippen molar-refractivity contribution >= 4 is 10.9 Å².